The van der Waals surface area contributed by atoms with Crippen LogP contribution in [0.2, 0.25) is 0 Å². The van der Waals surface area contributed by atoms with E-state index in [4.69, 9.17) is 13.3 Å². The van der Waals surface area contributed by atoms with E-state index >= 15 is 0 Å². The van der Waals surface area contributed by atoms with Crippen LogP contribution >= 0.6 is 0 Å². The van der Waals surface area contributed by atoms with Crippen molar-refractivity contribution in [2.75, 3.05) is 13.2 Å². The fourth-order valence-electron chi connectivity index (χ4n) is 0.651. The van der Waals surface area contributed by atoms with Gasteiger partial charge in [0.1, 0.15) is 0 Å². The van der Waals surface area contributed by atoms with Gasteiger partial charge in [-0.3, -0.25) is 0 Å². The summed E-state index contributed by atoms with van der Waals surface area (Å²) < 4.78 is 16.3. The fraction of sp³-hybridized carbons (Fsp3) is 0.778. The van der Waals surface area contributed by atoms with Crippen LogP contribution in [0, 0.1) is 0 Å². The summed E-state index contributed by atoms with van der Waals surface area (Å²) in [5.41, 5.74) is 1.16. The van der Waals surface area contributed by atoms with Gasteiger partial charge in [-0.25, -0.2) is 0 Å². The van der Waals surface area contributed by atoms with Crippen molar-refractivity contribution < 1.29 is 13.3 Å². The van der Waals surface area contributed by atoms with Crippen molar-refractivity contribution in [3.63, 3.8) is 0 Å². The zero-order valence-corrected chi connectivity index (χ0v) is 10.4. The molecule has 0 bridgehead atoms. The molecule has 0 fully saturated rings. The van der Waals surface area contributed by atoms with Crippen molar-refractivity contribution in [3.8, 4) is 0 Å². The van der Waals surface area contributed by atoms with Crippen LogP contribution in [-0.4, -0.2) is 22.7 Å². The molecule has 0 unspecified atom stereocenters. The van der Waals surface area contributed by atoms with E-state index in [1.54, 1.807) is 0 Å². The molecule has 0 spiro atoms. The second-order valence-electron chi connectivity index (χ2n) is 2.87. The zero-order valence-electron chi connectivity index (χ0n) is 9.22. The van der Waals surface area contributed by atoms with Gasteiger partial charge >= 0.3 is 9.53 Å². The Hall–Kier alpha value is -0.323. The maximum Gasteiger partial charge on any atom is 0.549 e. The zero-order chi connectivity index (χ0) is 10.3. The van der Waals surface area contributed by atoms with Gasteiger partial charge in [-0.05, 0) is 40.2 Å². The fourth-order valence-corrected chi connectivity index (χ4v) is 1.95. The molecule has 0 aromatic carbocycles. The smallest absolute Gasteiger partial charge is 0.507 e. The first-order chi connectivity index (χ1) is 6.11. The lowest BCUT2D eigenvalue weighted by atomic mass is 10.3. The maximum atomic E-state index is 5.57. The quantitative estimate of drug-likeness (QED) is 0.490. The molecule has 0 atom stereocenters. The van der Waals surface area contributed by atoms with E-state index in [1.807, 2.05) is 34.6 Å². The minimum atomic E-state index is -1.91. The molecule has 0 N–H and O–H groups in total. The van der Waals surface area contributed by atoms with Crippen LogP contribution in [0.5, 0.6) is 0 Å². The molecule has 0 aromatic rings. The second kappa shape index (κ2) is 7.12. The number of rotatable bonds is 6. The number of allylic oxidation sites excluding steroid dienone is 2. The van der Waals surface area contributed by atoms with Crippen molar-refractivity contribution in [1.29, 1.82) is 0 Å². The molecule has 0 aliphatic carbocycles. The van der Waals surface area contributed by atoms with Crippen molar-refractivity contribution >= 4 is 9.53 Å². The lowest BCUT2D eigenvalue weighted by Gasteiger charge is -2.17. The van der Waals surface area contributed by atoms with Gasteiger partial charge in [0, 0.05) is 13.2 Å². The van der Waals surface area contributed by atoms with Crippen LogP contribution < -0.4 is 0 Å². The molecule has 0 amide bonds. The van der Waals surface area contributed by atoms with Gasteiger partial charge < -0.3 is 13.3 Å². The van der Waals surface area contributed by atoms with Crippen LogP contribution in [0.3, 0.4) is 0 Å². The molecule has 0 radical (unpaired) electrons. The molecular formula is C9H20O3Si. The number of hydrogen-bond donors (Lipinski definition) is 0. The molecule has 4 heteroatoms. The summed E-state index contributed by atoms with van der Waals surface area (Å²) in [6.45, 7) is 11.1. The van der Waals surface area contributed by atoms with E-state index in [2.05, 4.69) is 0 Å². The number of hydrogen-bond acceptors (Lipinski definition) is 3. The van der Waals surface area contributed by atoms with Crippen molar-refractivity contribution in [3.05, 3.63) is 11.3 Å². The van der Waals surface area contributed by atoms with Gasteiger partial charge in [-0.1, -0.05) is 0 Å². The van der Waals surface area contributed by atoms with Gasteiger partial charge in [0.05, 0.1) is 5.76 Å². The summed E-state index contributed by atoms with van der Waals surface area (Å²) in [7, 11) is -1.91. The van der Waals surface area contributed by atoms with Crippen molar-refractivity contribution in [1.82, 2.24) is 0 Å². The Bertz CT molecular complexity index is 158. The predicted octanol–water partition coefficient (Wildman–Crippen LogP) is 2.11. The minimum Gasteiger partial charge on any atom is -0.507 e. The summed E-state index contributed by atoms with van der Waals surface area (Å²) in [5.74, 6) is 0.915. The summed E-state index contributed by atoms with van der Waals surface area (Å²) in [4.78, 5) is 0. The van der Waals surface area contributed by atoms with Gasteiger partial charge in [0.25, 0.3) is 0 Å². The molecule has 13 heavy (non-hydrogen) atoms. The minimum absolute atomic E-state index is 0.646. The average Bonchev–Trinajstić information content (AvgIpc) is 2.05. The first-order valence-corrected chi connectivity index (χ1v) is 6.07. The van der Waals surface area contributed by atoms with Crippen LogP contribution in [0.1, 0.15) is 34.6 Å². The third-order valence-electron chi connectivity index (χ3n) is 1.58. The van der Waals surface area contributed by atoms with E-state index in [0.29, 0.717) is 13.2 Å². The summed E-state index contributed by atoms with van der Waals surface area (Å²) in [5, 5.41) is 0. The first-order valence-electron chi connectivity index (χ1n) is 4.65. The highest BCUT2D eigenvalue weighted by Crippen LogP contribution is 2.06. The summed E-state index contributed by atoms with van der Waals surface area (Å²) in [6, 6.07) is 0. The van der Waals surface area contributed by atoms with Crippen LogP contribution in [0.4, 0.5) is 0 Å². The largest absolute Gasteiger partial charge is 0.549 e. The first kappa shape index (κ1) is 12.7. The average molecular weight is 204 g/mol. The molecular weight excluding hydrogens is 184 g/mol. The van der Waals surface area contributed by atoms with E-state index < -0.39 is 9.53 Å². The van der Waals surface area contributed by atoms with E-state index in [9.17, 15) is 0 Å². The SMILES string of the molecule is CCO[SiH](OCC)OC(C)=C(C)C. The Balaban J connectivity index is 4.01. The molecule has 3 nitrogen and oxygen atoms in total. The molecule has 0 aromatic heterocycles. The summed E-state index contributed by atoms with van der Waals surface area (Å²) in [6.07, 6.45) is 0. The lowest BCUT2D eigenvalue weighted by molar-refractivity contribution is 0.127. The van der Waals surface area contributed by atoms with Crippen molar-refractivity contribution in [2.24, 2.45) is 0 Å². The molecule has 0 aliphatic rings. The van der Waals surface area contributed by atoms with E-state index in [1.165, 1.54) is 0 Å². The standard InChI is InChI=1S/C9H20O3Si/c1-6-10-13(11-7-2)12-9(5)8(3)4/h13H,6-7H2,1-5H3. The van der Waals surface area contributed by atoms with Crippen molar-refractivity contribution in [2.45, 2.75) is 34.6 Å². The highest BCUT2D eigenvalue weighted by atomic mass is 28.3. The predicted molar refractivity (Wildman–Crippen MR) is 55.5 cm³/mol. The Kier molecular flexibility index (Phi) is 6.94. The Morgan fingerprint density at radius 2 is 1.46 bits per heavy atom. The topological polar surface area (TPSA) is 27.7 Å². The molecule has 78 valence electrons. The van der Waals surface area contributed by atoms with Gasteiger partial charge in [0.15, 0.2) is 0 Å². The Morgan fingerprint density at radius 1 is 1.00 bits per heavy atom. The molecule has 0 heterocycles. The van der Waals surface area contributed by atoms with Crippen LogP contribution in [-0.2, 0) is 13.3 Å². The lowest BCUT2D eigenvalue weighted by Crippen LogP contribution is -2.26. The Labute approximate surface area is 82.7 Å². The molecule has 0 saturated heterocycles. The Morgan fingerprint density at radius 3 is 1.77 bits per heavy atom. The highest BCUT2D eigenvalue weighted by molar-refractivity contribution is 6.36. The second-order valence-corrected chi connectivity index (χ2v) is 4.35. The van der Waals surface area contributed by atoms with Gasteiger partial charge in [-0.2, -0.15) is 0 Å². The maximum absolute atomic E-state index is 5.57. The van der Waals surface area contributed by atoms with Crippen LogP contribution in [0.15, 0.2) is 11.3 Å². The third kappa shape index (κ3) is 5.85. The monoisotopic (exact) mass is 204 g/mol. The highest BCUT2D eigenvalue weighted by Gasteiger charge is 2.15. The van der Waals surface area contributed by atoms with E-state index in [-0.39, 0.29) is 0 Å². The molecule has 0 aliphatic heterocycles. The van der Waals surface area contributed by atoms with Gasteiger partial charge in [0.2, 0.25) is 0 Å². The normalized spacial score (nSPS) is 10.3. The van der Waals surface area contributed by atoms with E-state index in [0.717, 1.165) is 11.3 Å². The summed E-state index contributed by atoms with van der Waals surface area (Å²) >= 11 is 0. The third-order valence-corrected chi connectivity index (χ3v) is 3.34. The van der Waals surface area contributed by atoms with Gasteiger partial charge in [-0.15, -0.1) is 0 Å². The molecule has 0 rings (SSSR count). The van der Waals surface area contributed by atoms with Crippen LogP contribution in [0.25, 0.3) is 0 Å². The molecule has 0 saturated carbocycles.